The summed E-state index contributed by atoms with van der Waals surface area (Å²) in [6.45, 7) is 4.76. The van der Waals surface area contributed by atoms with Crippen LogP contribution in [0.15, 0.2) is 47.1 Å². The normalized spacial score (nSPS) is 13.2. The summed E-state index contributed by atoms with van der Waals surface area (Å²) in [5, 5.41) is 4.00. The highest BCUT2D eigenvalue weighted by Crippen LogP contribution is 2.36. The first-order valence-electron chi connectivity index (χ1n) is 8.59. The quantitative estimate of drug-likeness (QED) is 0.705. The van der Waals surface area contributed by atoms with E-state index in [-0.39, 0.29) is 5.91 Å². The molecule has 3 aromatic rings. The predicted molar refractivity (Wildman–Crippen MR) is 97.0 cm³/mol. The second-order valence-corrected chi connectivity index (χ2v) is 6.20. The molecule has 0 N–H and O–H groups in total. The highest BCUT2D eigenvalue weighted by Gasteiger charge is 2.30. The Morgan fingerprint density at radius 3 is 2.88 bits per heavy atom. The molecule has 132 valence electrons. The second-order valence-electron chi connectivity index (χ2n) is 6.20. The molecule has 0 spiro atoms. The maximum atomic E-state index is 12.5. The van der Waals surface area contributed by atoms with Gasteiger partial charge in [-0.2, -0.15) is 0 Å². The van der Waals surface area contributed by atoms with Crippen molar-refractivity contribution >= 4 is 11.6 Å². The Hall–Kier alpha value is -3.15. The average molecular weight is 349 g/mol. The zero-order valence-electron chi connectivity index (χ0n) is 14.7. The molecular formula is C20H19N3O3. The first-order valence-corrected chi connectivity index (χ1v) is 8.59. The van der Waals surface area contributed by atoms with E-state index in [0.29, 0.717) is 19.6 Å². The molecule has 1 aromatic carbocycles. The fourth-order valence-electron chi connectivity index (χ4n) is 3.19. The number of carbonyl (C=O) groups is 1. The summed E-state index contributed by atoms with van der Waals surface area (Å²) in [6.07, 6.45) is 2.10. The van der Waals surface area contributed by atoms with E-state index in [2.05, 4.69) is 10.1 Å². The zero-order chi connectivity index (χ0) is 18.1. The van der Waals surface area contributed by atoms with E-state index in [4.69, 9.17) is 9.26 Å². The van der Waals surface area contributed by atoms with Crippen molar-refractivity contribution in [2.75, 3.05) is 11.5 Å². The van der Waals surface area contributed by atoms with E-state index in [1.165, 1.54) is 0 Å². The van der Waals surface area contributed by atoms with Gasteiger partial charge in [0.1, 0.15) is 17.2 Å². The van der Waals surface area contributed by atoms with E-state index >= 15 is 0 Å². The molecule has 0 aliphatic carbocycles. The number of aryl methyl sites for hydroxylation is 1. The van der Waals surface area contributed by atoms with Crippen molar-refractivity contribution < 1.29 is 14.1 Å². The number of para-hydroxylation sites is 1. The smallest absolute Gasteiger partial charge is 0.233 e. The lowest BCUT2D eigenvalue weighted by atomic mass is 10.1. The molecule has 0 unspecified atom stereocenters. The van der Waals surface area contributed by atoms with Crippen LogP contribution in [0.5, 0.6) is 5.75 Å². The summed E-state index contributed by atoms with van der Waals surface area (Å²) in [5.41, 5.74) is 4.21. The van der Waals surface area contributed by atoms with Gasteiger partial charge in [-0.1, -0.05) is 23.4 Å². The van der Waals surface area contributed by atoms with Crippen LogP contribution in [0.2, 0.25) is 0 Å². The van der Waals surface area contributed by atoms with Crippen molar-refractivity contribution in [1.82, 2.24) is 10.1 Å². The monoisotopic (exact) mass is 349 g/mol. The third-order valence-corrected chi connectivity index (χ3v) is 4.35. The lowest BCUT2D eigenvalue weighted by Crippen LogP contribution is -2.26. The number of aromatic nitrogens is 2. The van der Waals surface area contributed by atoms with Gasteiger partial charge in [0, 0.05) is 23.4 Å². The number of hydrogen-bond acceptors (Lipinski definition) is 5. The first kappa shape index (κ1) is 16.3. The molecule has 0 bridgehead atoms. The summed E-state index contributed by atoms with van der Waals surface area (Å²) in [4.78, 5) is 18.7. The van der Waals surface area contributed by atoms with Crippen LogP contribution in [0.3, 0.4) is 0 Å². The van der Waals surface area contributed by atoms with Crippen LogP contribution >= 0.6 is 0 Å². The molecule has 0 saturated heterocycles. The Labute approximate surface area is 151 Å². The molecule has 26 heavy (non-hydrogen) atoms. The van der Waals surface area contributed by atoms with Crippen molar-refractivity contribution in [3.63, 3.8) is 0 Å². The topological polar surface area (TPSA) is 68.5 Å². The molecule has 4 rings (SSSR count). The molecule has 3 heterocycles. The van der Waals surface area contributed by atoms with Crippen LogP contribution in [0, 0.1) is 6.92 Å². The van der Waals surface area contributed by atoms with E-state index in [0.717, 1.165) is 39.7 Å². The maximum Gasteiger partial charge on any atom is 0.233 e. The molecule has 0 saturated carbocycles. The van der Waals surface area contributed by atoms with Gasteiger partial charge in [0.2, 0.25) is 5.91 Å². The largest absolute Gasteiger partial charge is 0.493 e. The maximum absolute atomic E-state index is 12.5. The van der Waals surface area contributed by atoms with E-state index in [1.807, 2.05) is 50.2 Å². The molecular weight excluding hydrogens is 330 g/mol. The van der Waals surface area contributed by atoms with Gasteiger partial charge in [-0.15, -0.1) is 0 Å². The summed E-state index contributed by atoms with van der Waals surface area (Å²) in [5.74, 6) is 1.55. The minimum absolute atomic E-state index is 0.0170. The van der Waals surface area contributed by atoms with E-state index in [1.54, 1.807) is 11.1 Å². The van der Waals surface area contributed by atoms with Gasteiger partial charge < -0.3 is 14.2 Å². The van der Waals surface area contributed by atoms with Crippen LogP contribution < -0.4 is 9.64 Å². The van der Waals surface area contributed by atoms with Gasteiger partial charge in [-0.05, 0) is 26.0 Å². The van der Waals surface area contributed by atoms with Crippen LogP contribution in [0.4, 0.5) is 5.69 Å². The molecule has 0 radical (unpaired) electrons. The molecule has 1 amide bonds. The molecule has 0 fully saturated rings. The number of fused-ring (bicyclic) bond motifs is 1. The zero-order valence-corrected chi connectivity index (χ0v) is 14.7. The predicted octanol–water partition coefficient (Wildman–Crippen LogP) is 3.53. The summed E-state index contributed by atoms with van der Waals surface area (Å²) >= 11 is 0. The minimum Gasteiger partial charge on any atom is -0.493 e. The number of ether oxygens (including phenoxy) is 1. The Bertz CT molecular complexity index is 964. The number of nitrogens with zero attached hydrogens (tertiary/aromatic N) is 3. The SMILES string of the molecule is CCOc1ccccc1-c1cnc2c(c1)N(Cc1cc(C)on1)C(=O)C2. The molecule has 0 atom stereocenters. The Kier molecular flexibility index (Phi) is 4.16. The van der Waals surface area contributed by atoms with E-state index in [9.17, 15) is 4.79 Å². The highest BCUT2D eigenvalue weighted by atomic mass is 16.5. The van der Waals surface area contributed by atoms with Crippen LogP contribution in [-0.4, -0.2) is 22.7 Å². The van der Waals surface area contributed by atoms with Gasteiger partial charge in [0.25, 0.3) is 0 Å². The minimum atomic E-state index is 0.0170. The molecule has 6 nitrogen and oxygen atoms in total. The summed E-state index contributed by atoms with van der Waals surface area (Å²) in [6, 6.07) is 11.7. The molecule has 1 aliphatic heterocycles. The Balaban J connectivity index is 1.71. The summed E-state index contributed by atoms with van der Waals surface area (Å²) < 4.78 is 10.8. The van der Waals surface area contributed by atoms with Crippen molar-refractivity contribution in [3.05, 3.63) is 59.7 Å². The third kappa shape index (κ3) is 2.94. The number of anilines is 1. The van der Waals surface area contributed by atoms with Gasteiger partial charge >= 0.3 is 0 Å². The number of amides is 1. The third-order valence-electron chi connectivity index (χ3n) is 4.35. The number of rotatable bonds is 5. The fourth-order valence-corrected chi connectivity index (χ4v) is 3.19. The number of pyridine rings is 1. The highest BCUT2D eigenvalue weighted by molar-refractivity contribution is 6.01. The first-order chi connectivity index (χ1) is 12.7. The Morgan fingerprint density at radius 2 is 2.12 bits per heavy atom. The van der Waals surface area contributed by atoms with Gasteiger partial charge in [-0.25, -0.2) is 0 Å². The van der Waals surface area contributed by atoms with Crippen molar-refractivity contribution in [2.45, 2.75) is 26.8 Å². The number of carbonyl (C=O) groups excluding carboxylic acids is 1. The van der Waals surface area contributed by atoms with Crippen LogP contribution in [0.1, 0.15) is 24.1 Å². The van der Waals surface area contributed by atoms with Gasteiger partial charge in [0.15, 0.2) is 0 Å². The molecule has 1 aliphatic rings. The average Bonchev–Trinajstić information content (AvgIpc) is 3.19. The molecule has 2 aromatic heterocycles. The van der Waals surface area contributed by atoms with E-state index < -0.39 is 0 Å². The summed E-state index contributed by atoms with van der Waals surface area (Å²) in [7, 11) is 0. The van der Waals surface area contributed by atoms with Crippen molar-refractivity contribution in [3.8, 4) is 16.9 Å². The van der Waals surface area contributed by atoms with Crippen LogP contribution in [-0.2, 0) is 17.8 Å². The number of hydrogen-bond donors (Lipinski definition) is 0. The van der Waals surface area contributed by atoms with Gasteiger partial charge in [0.05, 0.1) is 31.0 Å². The lowest BCUT2D eigenvalue weighted by molar-refractivity contribution is -0.117. The van der Waals surface area contributed by atoms with Crippen LogP contribution in [0.25, 0.3) is 11.1 Å². The number of benzene rings is 1. The fraction of sp³-hybridized carbons (Fsp3) is 0.250. The second kappa shape index (κ2) is 6.63. The standard InChI is InChI=1S/C20H19N3O3/c1-3-25-19-7-5-4-6-16(19)14-9-18-17(21-11-14)10-20(24)23(18)12-15-8-13(2)26-22-15/h4-9,11H,3,10,12H2,1-2H3. The van der Waals surface area contributed by atoms with Gasteiger partial charge in [-0.3, -0.25) is 9.78 Å². The van der Waals surface area contributed by atoms with Crippen molar-refractivity contribution in [2.24, 2.45) is 0 Å². The Morgan fingerprint density at radius 1 is 1.27 bits per heavy atom. The molecule has 6 heteroatoms. The van der Waals surface area contributed by atoms with Crippen molar-refractivity contribution in [1.29, 1.82) is 0 Å². The lowest BCUT2D eigenvalue weighted by Gasteiger charge is -2.17.